The van der Waals surface area contributed by atoms with Crippen molar-refractivity contribution in [3.63, 3.8) is 0 Å². The molecule has 0 bridgehead atoms. The van der Waals surface area contributed by atoms with E-state index in [4.69, 9.17) is 0 Å². The Balaban J connectivity index is 2.72. The van der Waals surface area contributed by atoms with E-state index in [1.807, 2.05) is 0 Å². The van der Waals surface area contributed by atoms with Crippen LogP contribution < -0.4 is 0 Å². The Morgan fingerprint density at radius 2 is 2.27 bits per heavy atom. The highest BCUT2D eigenvalue weighted by molar-refractivity contribution is 4.87. The van der Waals surface area contributed by atoms with Crippen LogP contribution in [-0.2, 0) is 6.54 Å². The Kier molecular flexibility index (Phi) is 1.89. The molecule has 11 heavy (non-hydrogen) atoms. The standard InChI is InChI=1S/C6H6F3N2/c1-5-10-2-3-11(5)4-6(7,8)9/h3H,4H2,1H3. The molecule has 0 spiro atoms. The SMILES string of the molecule is Cc1n[c]cn1CC(F)(F)F. The first kappa shape index (κ1) is 8.10. The van der Waals surface area contributed by atoms with Crippen molar-refractivity contribution in [2.24, 2.45) is 0 Å². The van der Waals surface area contributed by atoms with Crippen molar-refractivity contribution in [1.82, 2.24) is 9.55 Å². The van der Waals surface area contributed by atoms with Gasteiger partial charge in [-0.15, -0.1) is 0 Å². The van der Waals surface area contributed by atoms with E-state index >= 15 is 0 Å². The predicted octanol–water partition coefficient (Wildman–Crippen LogP) is 1.55. The summed E-state index contributed by atoms with van der Waals surface area (Å²) in [6.45, 7) is 0.511. The molecule has 0 aliphatic carbocycles. The molecule has 0 fully saturated rings. The van der Waals surface area contributed by atoms with E-state index in [0.29, 0.717) is 5.82 Å². The fourth-order valence-corrected chi connectivity index (χ4v) is 0.703. The number of aromatic nitrogens is 2. The fraction of sp³-hybridized carbons (Fsp3) is 0.500. The lowest BCUT2D eigenvalue weighted by Gasteiger charge is -2.07. The summed E-state index contributed by atoms with van der Waals surface area (Å²) in [7, 11) is 0. The summed E-state index contributed by atoms with van der Waals surface area (Å²) in [6, 6.07) is 0. The molecule has 0 aliphatic rings. The Morgan fingerprint density at radius 1 is 1.64 bits per heavy atom. The molecule has 0 saturated heterocycles. The highest BCUT2D eigenvalue weighted by atomic mass is 19.4. The van der Waals surface area contributed by atoms with E-state index in [1.54, 1.807) is 0 Å². The second-order valence-electron chi connectivity index (χ2n) is 2.16. The van der Waals surface area contributed by atoms with Crippen molar-refractivity contribution in [2.45, 2.75) is 19.6 Å². The number of rotatable bonds is 1. The number of hydrogen-bond donors (Lipinski definition) is 0. The minimum absolute atomic E-state index is 0.322. The number of aryl methyl sites for hydroxylation is 1. The minimum atomic E-state index is -4.18. The second kappa shape index (κ2) is 2.56. The highest BCUT2D eigenvalue weighted by Crippen LogP contribution is 2.17. The quantitative estimate of drug-likeness (QED) is 0.614. The maximum Gasteiger partial charge on any atom is 0.406 e. The third kappa shape index (κ3) is 2.25. The summed E-state index contributed by atoms with van der Waals surface area (Å²) in [4.78, 5) is 3.54. The molecular formula is C6H6F3N2. The summed E-state index contributed by atoms with van der Waals surface area (Å²) in [5, 5.41) is 0. The molecular weight excluding hydrogens is 157 g/mol. The monoisotopic (exact) mass is 163 g/mol. The molecule has 2 nitrogen and oxygen atoms in total. The zero-order chi connectivity index (χ0) is 8.48. The molecule has 0 N–H and O–H groups in total. The van der Waals surface area contributed by atoms with Crippen molar-refractivity contribution in [3.8, 4) is 0 Å². The first-order valence-electron chi connectivity index (χ1n) is 2.95. The van der Waals surface area contributed by atoms with Crippen LogP contribution in [0, 0.1) is 13.1 Å². The van der Waals surface area contributed by atoms with Gasteiger partial charge in [0.2, 0.25) is 0 Å². The molecule has 0 amide bonds. The van der Waals surface area contributed by atoms with Gasteiger partial charge < -0.3 is 4.57 Å². The summed E-state index contributed by atoms with van der Waals surface area (Å²) in [6.07, 6.45) is -0.664. The van der Waals surface area contributed by atoms with Gasteiger partial charge in [0.25, 0.3) is 0 Å². The molecule has 0 atom stereocenters. The Bertz CT molecular complexity index is 238. The van der Waals surface area contributed by atoms with Crippen LogP contribution >= 0.6 is 0 Å². The number of imidazole rings is 1. The van der Waals surface area contributed by atoms with Crippen molar-refractivity contribution in [2.75, 3.05) is 0 Å². The van der Waals surface area contributed by atoms with Crippen molar-refractivity contribution in [3.05, 3.63) is 18.2 Å². The third-order valence-electron chi connectivity index (χ3n) is 1.21. The van der Waals surface area contributed by atoms with Crippen LogP contribution in [0.2, 0.25) is 0 Å². The Labute approximate surface area is 61.7 Å². The highest BCUT2D eigenvalue weighted by Gasteiger charge is 2.28. The number of halogens is 3. The van der Waals surface area contributed by atoms with E-state index in [9.17, 15) is 13.2 Å². The minimum Gasteiger partial charge on any atom is -0.325 e. The topological polar surface area (TPSA) is 17.8 Å². The summed E-state index contributed by atoms with van der Waals surface area (Å²) in [5.74, 6) is 0.322. The molecule has 1 aromatic heterocycles. The van der Waals surface area contributed by atoms with Gasteiger partial charge in [-0.05, 0) is 6.92 Å². The summed E-state index contributed by atoms with van der Waals surface area (Å²) in [5.41, 5.74) is 0. The Hall–Kier alpha value is -1.00. The molecule has 0 aliphatic heterocycles. The average Bonchev–Trinajstić information content (AvgIpc) is 2.12. The van der Waals surface area contributed by atoms with E-state index in [0.717, 1.165) is 4.57 Å². The van der Waals surface area contributed by atoms with E-state index in [2.05, 4.69) is 11.2 Å². The van der Waals surface area contributed by atoms with Crippen LogP contribution in [0.3, 0.4) is 0 Å². The molecule has 0 saturated carbocycles. The molecule has 0 unspecified atom stereocenters. The van der Waals surface area contributed by atoms with E-state index < -0.39 is 12.7 Å². The lowest BCUT2D eigenvalue weighted by atomic mass is 10.6. The van der Waals surface area contributed by atoms with E-state index in [1.165, 1.54) is 13.1 Å². The average molecular weight is 163 g/mol. The third-order valence-corrected chi connectivity index (χ3v) is 1.21. The fourth-order valence-electron chi connectivity index (χ4n) is 0.703. The van der Waals surface area contributed by atoms with Gasteiger partial charge >= 0.3 is 6.18 Å². The van der Waals surface area contributed by atoms with Gasteiger partial charge in [0.15, 0.2) is 0 Å². The number of alkyl halides is 3. The zero-order valence-electron chi connectivity index (χ0n) is 5.81. The molecule has 1 heterocycles. The molecule has 1 radical (unpaired) electrons. The van der Waals surface area contributed by atoms with Gasteiger partial charge in [-0.2, -0.15) is 13.2 Å². The predicted molar refractivity (Wildman–Crippen MR) is 31.9 cm³/mol. The Morgan fingerprint density at radius 3 is 2.64 bits per heavy atom. The largest absolute Gasteiger partial charge is 0.406 e. The maximum absolute atomic E-state index is 11.7. The van der Waals surface area contributed by atoms with Gasteiger partial charge in [0, 0.05) is 6.20 Å². The summed E-state index contributed by atoms with van der Waals surface area (Å²) < 4.78 is 36.2. The van der Waals surface area contributed by atoms with Crippen LogP contribution in [0.5, 0.6) is 0 Å². The normalized spacial score (nSPS) is 12.0. The van der Waals surface area contributed by atoms with Gasteiger partial charge in [-0.25, -0.2) is 4.98 Å². The van der Waals surface area contributed by atoms with Gasteiger partial charge in [0.1, 0.15) is 18.6 Å². The summed E-state index contributed by atoms with van der Waals surface area (Å²) >= 11 is 0. The first-order chi connectivity index (χ1) is 4.99. The van der Waals surface area contributed by atoms with Crippen molar-refractivity contribution in [1.29, 1.82) is 0 Å². The van der Waals surface area contributed by atoms with Crippen LogP contribution in [0.25, 0.3) is 0 Å². The van der Waals surface area contributed by atoms with Gasteiger partial charge in [-0.3, -0.25) is 0 Å². The molecule has 0 aromatic carbocycles. The smallest absolute Gasteiger partial charge is 0.325 e. The first-order valence-corrected chi connectivity index (χ1v) is 2.95. The molecule has 5 heteroatoms. The lowest BCUT2D eigenvalue weighted by molar-refractivity contribution is -0.140. The number of hydrogen-bond acceptors (Lipinski definition) is 1. The molecule has 61 valence electrons. The number of nitrogens with zero attached hydrogens (tertiary/aromatic N) is 2. The van der Waals surface area contributed by atoms with Gasteiger partial charge in [-0.1, -0.05) is 0 Å². The zero-order valence-corrected chi connectivity index (χ0v) is 5.81. The van der Waals surface area contributed by atoms with Crippen LogP contribution in [0.1, 0.15) is 5.82 Å². The van der Waals surface area contributed by atoms with Crippen molar-refractivity contribution >= 4 is 0 Å². The van der Waals surface area contributed by atoms with E-state index in [-0.39, 0.29) is 0 Å². The molecule has 1 rings (SSSR count). The molecule has 1 aromatic rings. The second-order valence-corrected chi connectivity index (χ2v) is 2.16. The maximum atomic E-state index is 11.7. The van der Waals surface area contributed by atoms with Crippen LogP contribution in [0.15, 0.2) is 6.20 Å². The lowest BCUT2D eigenvalue weighted by Crippen LogP contribution is -2.17. The van der Waals surface area contributed by atoms with Crippen LogP contribution in [0.4, 0.5) is 13.2 Å². The van der Waals surface area contributed by atoms with Gasteiger partial charge in [0.05, 0.1) is 0 Å². The van der Waals surface area contributed by atoms with Crippen molar-refractivity contribution < 1.29 is 13.2 Å². The van der Waals surface area contributed by atoms with Crippen LogP contribution in [-0.4, -0.2) is 15.7 Å².